The fourth-order valence-electron chi connectivity index (χ4n) is 4.50. The molecular formula is C32H31BrClN3O4S. The average molecular weight is 669 g/mol. The van der Waals surface area contributed by atoms with Crippen molar-refractivity contribution in [1.82, 2.24) is 10.2 Å². The standard InChI is InChI=1S/C32H31BrClN3O4S/c1-23-11-17-29(18-12-23)42(40,41)37(28-10-6-9-26(33)20-28)22-31(38)36(21-25-13-15-27(34)16-14-25)30(32(39)35-2)19-24-7-4-3-5-8-24/h3-18,20,30H,19,21-22H2,1-2H3,(H,35,39)/t30-/m0/s1. The normalized spacial score (nSPS) is 11.9. The lowest BCUT2D eigenvalue weighted by atomic mass is 10.0. The maximum atomic E-state index is 14.3. The molecule has 0 fully saturated rings. The van der Waals surface area contributed by atoms with Crippen molar-refractivity contribution < 1.29 is 18.0 Å². The molecule has 0 aromatic heterocycles. The van der Waals surface area contributed by atoms with Crippen LogP contribution in [-0.2, 0) is 32.6 Å². The summed E-state index contributed by atoms with van der Waals surface area (Å²) in [6.07, 6.45) is 0.238. The van der Waals surface area contributed by atoms with Gasteiger partial charge in [0.2, 0.25) is 11.8 Å². The summed E-state index contributed by atoms with van der Waals surface area (Å²) in [5, 5.41) is 3.21. The van der Waals surface area contributed by atoms with Gasteiger partial charge in [0, 0.05) is 29.5 Å². The highest BCUT2D eigenvalue weighted by atomic mass is 79.9. The molecule has 4 aromatic rings. The number of nitrogens with zero attached hydrogens (tertiary/aromatic N) is 2. The Morgan fingerprint density at radius 3 is 2.17 bits per heavy atom. The third-order valence-corrected chi connectivity index (χ3v) is 9.30. The van der Waals surface area contributed by atoms with E-state index in [4.69, 9.17) is 11.6 Å². The summed E-state index contributed by atoms with van der Waals surface area (Å²) < 4.78 is 29.8. The van der Waals surface area contributed by atoms with Gasteiger partial charge in [-0.05, 0) is 60.5 Å². The molecule has 0 spiro atoms. The molecule has 218 valence electrons. The van der Waals surface area contributed by atoms with Crippen LogP contribution >= 0.6 is 27.5 Å². The fourth-order valence-corrected chi connectivity index (χ4v) is 6.42. The summed E-state index contributed by atoms with van der Waals surface area (Å²) in [6.45, 7) is 1.41. The number of halogens is 2. The van der Waals surface area contributed by atoms with Gasteiger partial charge in [-0.2, -0.15) is 0 Å². The summed E-state index contributed by atoms with van der Waals surface area (Å²) >= 11 is 9.52. The van der Waals surface area contributed by atoms with Gasteiger partial charge in [0.1, 0.15) is 12.6 Å². The number of aryl methyl sites for hydroxylation is 1. The summed E-state index contributed by atoms with van der Waals surface area (Å²) in [4.78, 5) is 29.1. The van der Waals surface area contributed by atoms with Crippen LogP contribution in [0.25, 0.3) is 0 Å². The monoisotopic (exact) mass is 667 g/mol. The Balaban J connectivity index is 1.78. The van der Waals surface area contributed by atoms with Crippen LogP contribution in [0, 0.1) is 6.92 Å². The molecule has 0 bridgehead atoms. The fraction of sp³-hybridized carbons (Fsp3) is 0.188. The Morgan fingerprint density at radius 1 is 0.881 bits per heavy atom. The van der Waals surface area contributed by atoms with E-state index in [1.54, 1.807) is 60.7 Å². The van der Waals surface area contributed by atoms with Gasteiger partial charge in [-0.15, -0.1) is 0 Å². The molecule has 1 N–H and O–H groups in total. The highest BCUT2D eigenvalue weighted by Crippen LogP contribution is 2.27. The third-order valence-electron chi connectivity index (χ3n) is 6.77. The van der Waals surface area contributed by atoms with Crippen molar-refractivity contribution in [2.75, 3.05) is 17.9 Å². The number of likely N-dealkylation sites (N-methyl/N-ethyl adjacent to an activating group) is 1. The van der Waals surface area contributed by atoms with E-state index in [0.717, 1.165) is 21.0 Å². The second kappa shape index (κ2) is 14.0. The minimum atomic E-state index is -4.16. The second-order valence-electron chi connectivity index (χ2n) is 9.77. The molecule has 4 aromatic carbocycles. The molecule has 2 amide bonds. The molecule has 4 rings (SSSR count). The molecule has 10 heteroatoms. The number of anilines is 1. The Morgan fingerprint density at radius 2 is 1.55 bits per heavy atom. The minimum absolute atomic E-state index is 0.0530. The Kier molecular flexibility index (Phi) is 10.4. The molecule has 0 saturated heterocycles. The van der Waals surface area contributed by atoms with Crippen LogP contribution in [0.4, 0.5) is 5.69 Å². The van der Waals surface area contributed by atoms with Crippen LogP contribution in [0.5, 0.6) is 0 Å². The van der Waals surface area contributed by atoms with Crippen molar-refractivity contribution in [2.45, 2.75) is 30.8 Å². The Hall–Kier alpha value is -3.66. The summed E-state index contributed by atoms with van der Waals surface area (Å²) in [7, 11) is -2.64. The highest BCUT2D eigenvalue weighted by Gasteiger charge is 2.34. The lowest BCUT2D eigenvalue weighted by molar-refractivity contribution is -0.139. The van der Waals surface area contributed by atoms with Gasteiger partial charge in [0.25, 0.3) is 10.0 Å². The van der Waals surface area contributed by atoms with Crippen molar-refractivity contribution in [3.05, 3.63) is 129 Å². The number of carbonyl (C=O) groups excluding carboxylic acids is 2. The van der Waals surface area contributed by atoms with Gasteiger partial charge in [0.05, 0.1) is 10.6 Å². The number of rotatable bonds is 11. The zero-order chi connectivity index (χ0) is 30.3. The molecule has 0 saturated carbocycles. The third kappa shape index (κ3) is 7.79. The van der Waals surface area contributed by atoms with Crippen molar-refractivity contribution in [3.63, 3.8) is 0 Å². The first-order valence-corrected chi connectivity index (χ1v) is 15.8. The number of sulfonamides is 1. The molecule has 0 radical (unpaired) electrons. The SMILES string of the molecule is CNC(=O)[C@H](Cc1ccccc1)N(Cc1ccc(Cl)cc1)C(=O)CN(c1cccc(Br)c1)S(=O)(=O)c1ccc(C)cc1. The molecule has 0 aliphatic heterocycles. The van der Waals surface area contributed by atoms with E-state index < -0.39 is 28.5 Å². The van der Waals surface area contributed by atoms with Crippen LogP contribution in [0.3, 0.4) is 0 Å². The number of amides is 2. The minimum Gasteiger partial charge on any atom is -0.357 e. The number of benzene rings is 4. The van der Waals surface area contributed by atoms with E-state index in [9.17, 15) is 18.0 Å². The first kappa shape index (κ1) is 31.3. The van der Waals surface area contributed by atoms with E-state index in [1.165, 1.54) is 24.1 Å². The van der Waals surface area contributed by atoms with E-state index >= 15 is 0 Å². The van der Waals surface area contributed by atoms with Crippen LogP contribution in [0.2, 0.25) is 5.02 Å². The number of hydrogen-bond donors (Lipinski definition) is 1. The molecule has 0 aliphatic carbocycles. The molecule has 42 heavy (non-hydrogen) atoms. The number of hydrogen-bond acceptors (Lipinski definition) is 4. The van der Waals surface area contributed by atoms with Gasteiger partial charge in [-0.3, -0.25) is 13.9 Å². The van der Waals surface area contributed by atoms with E-state index in [0.29, 0.717) is 15.2 Å². The zero-order valence-electron chi connectivity index (χ0n) is 23.2. The molecular weight excluding hydrogens is 638 g/mol. The van der Waals surface area contributed by atoms with Gasteiger partial charge in [0.15, 0.2) is 0 Å². The lowest BCUT2D eigenvalue weighted by Gasteiger charge is -2.33. The topological polar surface area (TPSA) is 86.8 Å². The van der Waals surface area contributed by atoms with Crippen LogP contribution in [0.15, 0.2) is 112 Å². The Bertz CT molecular complexity index is 1630. The zero-order valence-corrected chi connectivity index (χ0v) is 26.4. The quantitative estimate of drug-likeness (QED) is 0.213. The smallest absolute Gasteiger partial charge is 0.264 e. The van der Waals surface area contributed by atoms with Crippen molar-refractivity contribution in [3.8, 4) is 0 Å². The predicted octanol–water partition coefficient (Wildman–Crippen LogP) is 5.99. The number of nitrogens with one attached hydrogen (secondary N) is 1. The van der Waals surface area contributed by atoms with E-state index in [-0.39, 0.29) is 23.8 Å². The summed E-state index contributed by atoms with van der Waals surface area (Å²) in [5.41, 5.74) is 2.81. The molecule has 1 atom stereocenters. The maximum absolute atomic E-state index is 14.3. The van der Waals surface area contributed by atoms with E-state index in [2.05, 4.69) is 21.2 Å². The van der Waals surface area contributed by atoms with Crippen molar-refractivity contribution >= 4 is 55.1 Å². The van der Waals surface area contributed by atoms with Crippen molar-refractivity contribution in [2.24, 2.45) is 0 Å². The first-order valence-electron chi connectivity index (χ1n) is 13.2. The van der Waals surface area contributed by atoms with E-state index in [1.807, 2.05) is 37.3 Å². The van der Waals surface area contributed by atoms with Crippen LogP contribution in [-0.4, -0.2) is 44.8 Å². The summed E-state index contributed by atoms with van der Waals surface area (Å²) in [6, 6.07) is 28.7. The maximum Gasteiger partial charge on any atom is 0.264 e. The number of carbonyl (C=O) groups is 2. The highest BCUT2D eigenvalue weighted by molar-refractivity contribution is 9.10. The van der Waals surface area contributed by atoms with Gasteiger partial charge >= 0.3 is 0 Å². The predicted molar refractivity (Wildman–Crippen MR) is 170 cm³/mol. The lowest BCUT2D eigenvalue weighted by Crippen LogP contribution is -2.53. The Labute approximate surface area is 260 Å². The molecule has 0 heterocycles. The molecule has 0 aliphatic rings. The van der Waals surface area contributed by atoms with Gasteiger partial charge < -0.3 is 10.2 Å². The molecule has 0 unspecified atom stereocenters. The van der Waals surface area contributed by atoms with Gasteiger partial charge in [-0.1, -0.05) is 93.8 Å². The average Bonchev–Trinajstić information content (AvgIpc) is 2.98. The van der Waals surface area contributed by atoms with Crippen LogP contribution in [0.1, 0.15) is 16.7 Å². The van der Waals surface area contributed by atoms with Crippen molar-refractivity contribution in [1.29, 1.82) is 0 Å². The summed E-state index contributed by atoms with van der Waals surface area (Å²) in [5.74, 6) is -0.901. The second-order valence-corrected chi connectivity index (χ2v) is 13.0. The largest absolute Gasteiger partial charge is 0.357 e. The van der Waals surface area contributed by atoms with Crippen LogP contribution < -0.4 is 9.62 Å². The molecule has 7 nitrogen and oxygen atoms in total. The first-order chi connectivity index (χ1) is 20.1. The van der Waals surface area contributed by atoms with Gasteiger partial charge in [-0.25, -0.2) is 8.42 Å².